The van der Waals surface area contributed by atoms with Gasteiger partial charge < -0.3 is 5.32 Å². The highest BCUT2D eigenvalue weighted by Gasteiger charge is 2.21. The average Bonchev–Trinajstić information content (AvgIpc) is 3.00. The molecule has 0 radical (unpaired) electrons. The van der Waals surface area contributed by atoms with Gasteiger partial charge in [-0.3, -0.25) is 4.72 Å². The van der Waals surface area contributed by atoms with Crippen molar-refractivity contribution in [2.75, 3.05) is 22.8 Å². The Labute approximate surface area is 106 Å². The van der Waals surface area contributed by atoms with Crippen LogP contribution in [0.3, 0.4) is 0 Å². The molecule has 1 aromatic carbocycles. The molecule has 4 nitrogen and oxygen atoms in total. The third-order valence-corrected chi connectivity index (χ3v) is 3.48. The molecule has 0 bridgehead atoms. The maximum atomic E-state index is 11.1. The smallest absolute Gasteiger partial charge is 0.229 e. The van der Waals surface area contributed by atoms with Crippen molar-refractivity contribution in [3.63, 3.8) is 0 Å². The van der Waals surface area contributed by atoms with Gasteiger partial charge in [-0.2, -0.15) is 0 Å². The molecular formula is C11H15ClN2O2S. The number of sulfonamides is 1. The summed E-state index contributed by atoms with van der Waals surface area (Å²) >= 11 is 6.03. The minimum Gasteiger partial charge on any atom is -0.384 e. The van der Waals surface area contributed by atoms with Crippen LogP contribution in [0.4, 0.5) is 11.4 Å². The molecule has 0 unspecified atom stereocenters. The van der Waals surface area contributed by atoms with Crippen LogP contribution in [-0.2, 0) is 10.0 Å². The van der Waals surface area contributed by atoms with E-state index in [0.717, 1.165) is 24.4 Å². The van der Waals surface area contributed by atoms with Crippen molar-refractivity contribution in [2.24, 2.45) is 5.92 Å². The maximum absolute atomic E-state index is 11.1. The molecule has 2 rings (SSSR count). The third kappa shape index (κ3) is 4.09. The quantitative estimate of drug-likeness (QED) is 0.867. The SMILES string of the molecule is CS(=O)(=O)Nc1ccc(Cl)c(NCC2CC2)c1. The van der Waals surface area contributed by atoms with E-state index in [1.807, 2.05) is 0 Å². The molecule has 17 heavy (non-hydrogen) atoms. The summed E-state index contributed by atoms with van der Waals surface area (Å²) in [6.45, 7) is 0.891. The van der Waals surface area contributed by atoms with Gasteiger partial charge >= 0.3 is 0 Å². The molecular weight excluding hydrogens is 260 g/mol. The van der Waals surface area contributed by atoms with E-state index >= 15 is 0 Å². The number of anilines is 2. The summed E-state index contributed by atoms with van der Waals surface area (Å²) in [6.07, 6.45) is 3.64. The molecule has 2 N–H and O–H groups in total. The van der Waals surface area contributed by atoms with Gasteiger partial charge in [-0.05, 0) is 37.0 Å². The Kier molecular flexibility index (Phi) is 3.49. The van der Waals surface area contributed by atoms with E-state index in [-0.39, 0.29) is 0 Å². The summed E-state index contributed by atoms with van der Waals surface area (Å²) in [5, 5.41) is 3.84. The molecule has 1 fully saturated rings. The molecule has 0 spiro atoms. The Morgan fingerprint density at radius 1 is 1.41 bits per heavy atom. The lowest BCUT2D eigenvalue weighted by Gasteiger charge is -2.10. The molecule has 0 heterocycles. The lowest BCUT2D eigenvalue weighted by atomic mass is 10.2. The molecule has 0 aromatic heterocycles. The first-order chi connectivity index (χ1) is 7.94. The van der Waals surface area contributed by atoms with E-state index in [4.69, 9.17) is 11.6 Å². The van der Waals surface area contributed by atoms with Crippen LogP contribution >= 0.6 is 11.6 Å². The predicted molar refractivity (Wildman–Crippen MR) is 71.1 cm³/mol. The molecule has 0 saturated heterocycles. The van der Waals surface area contributed by atoms with Crippen LogP contribution in [0.1, 0.15) is 12.8 Å². The van der Waals surface area contributed by atoms with Gasteiger partial charge in [0, 0.05) is 6.54 Å². The van der Waals surface area contributed by atoms with Gasteiger partial charge in [0.15, 0.2) is 0 Å². The fraction of sp³-hybridized carbons (Fsp3) is 0.455. The first kappa shape index (κ1) is 12.5. The number of rotatable bonds is 5. The van der Waals surface area contributed by atoms with Crippen LogP contribution in [0.5, 0.6) is 0 Å². The number of halogens is 1. The van der Waals surface area contributed by atoms with Crippen molar-refractivity contribution < 1.29 is 8.42 Å². The lowest BCUT2D eigenvalue weighted by Crippen LogP contribution is -2.10. The van der Waals surface area contributed by atoms with Gasteiger partial charge in [0.2, 0.25) is 10.0 Å². The average molecular weight is 275 g/mol. The summed E-state index contributed by atoms with van der Waals surface area (Å²) in [4.78, 5) is 0. The minimum absolute atomic E-state index is 0.523. The van der Waals surface area contributed by atoms with Crippen LogP contribution in [0.25, 0.3) is 0 Å². The first-order valence-electron chi connectivity index (χ1n) is 5.45. The standard InChI is InChI=1S/C11H15ClN2O2S/c1-17(15,16)14-9-4-5-10(12)11(6-9)13-7-8-2-3-8/h4-6,8,13-14H,2-3,7H2,1H3. The Morgan fingerprint density at radius 2 is 2.12 bits per heavy atom. The Morgan fingerprint density at radius 3 is 2.71 bits per heavy atom. The van der Waals surface area contributed by atoms with Crippen molar-refractivity contribution >= 4 is 33.0 Å². The van der Waals surface area contributed by atoms with E-state index in [1.54, 1.807) is 18.2 Å². The Hall–Kier alpha value is -0.940. The lowest BCUT2D eigenvalue weighted by molar-refractivity contribution is 0.607. The number of hydrogen-bond acceptors (Lipinski definition) is 3. The largest absolute Gasteiger partial charge is 0.384 e. The van der Waals surface area contributed by atoms with Crippen LogP contribution in [-0.4, -0.2) is 21.2 Å². The monoisotopic (exact) mass is 274 g/mol. The van der Waals surface area contributed by atoms with Gasteiger partial charge in [0.25, 0.3) is 0 Å². The second kappa shape index (κ2) is 4.74. The molecule has 6 heteroatoms. The van der Waals surface area contributed by atoms with Crippen molar-refractivity contribution in [1.29, 1.82) is 0 Å². The summed E-state index contributed by atoms with van der Waals surface area (Å²) in [6, 6.07) is 5.04. The highest BCUT2D eigenvalue weighted by atomic mass is 35.5. The summed E-state index contributed by atoms with van der Waals surface area (Å²) in [5.74, 6) is 0.734. The van der Waals surface area contributed by atoms with Crippen LogP contribution in [0.15, 0.2) is 18.2 Å². The zero-order valence-electron chi connectivity index (χ0n) is 9.53. The zero-order chi connectivity index (χ0) is 12.5. The van der Waals surface area contributed by atoms with E-state index in [2.05, 4.69) is 10.0 Å². The van der Waals surface area contributed by atoms with Crippen molar-refractivity contribution in [3.05, 3.63) is 23.2 Å². The first-order valence-corrected chi connectivity index (χ1v) is 7.72. The van der Waals surface area contributed by atoms with E-state index in [1.165, 1.54) is 12.8 Å². The number of nitrogens with one attached hydrogen (secondary N) is 2. The second-order valence-corrected chi connectivity index (χ2v) is 6.55. The molecule has 94 valence electrons. The van der Waals surface area contributed by atoms with E-state index in [9.17, 15) is 8.42 Å². The number of benzene rings is 1. The van der Waals surface area contributed by atoms with Crippen molar-refractivity contribution in [1.82, 2.24) is 0 Å². The van der Waals surface area contributed by atoms with Crippen molar-refractivity contribution in [2.45, 2.75) is 12.8 Å². The van der Waals surface area contributed by atoms with E-state index < -0.39 is 10.0 Å². The molecule has 1 aliphatic rings. The van der Waals surface area contributed by atoms with Gasteiger partial charge in [0.1, 0.15) is 0 Å². The van der Waals surface area contributed by atoms with Gasteiger partial charge in [0.05, 0.1) is 22.7 Å². The van der Waals surface area contributed by atoms with Crippen LogP contribution < -0.4 is 10.0 Å². The van der Waals surface area contributed by atoms with E-state index in [0.29, 0.717) is 10.7 Å². The van der Waals surface area contributed by atoms with Crippen LogP contribution in [0.2, 0.25) is 5.02 Å². The normalized spacial score (nSPS) is 15.6. The van der Waals surface area contributed by atoms with Gasteiger partial charge in [-0.25, -0.2) is 8.42 Å². The fourth-order valence-corrected chi connectivity index (χ4v) is 2.25. The van der Waals surface area contributed by atoms with Gasteiger partial charge in [-0.15, -0.1) is 0 Å². The third-order valence-electron chi connectivity index (χ3n) is 2.55. The Bertz CT molecular complexity index is 512. The highest BCUT2D eigenvalue weighted by Crippen LogP contribution is 2.31. The zero-order valence-corrected chi connectivity index (χ0v) is 11.1. The maximum Gasteiger partial charge on any atom is 0.229 e. The fourth-order valence-electron chi connectivity index (χ4n) is 1.51. The molecule has 0 aliphatic heterocycles. The summed E-state index contributed by atoms with van der Waals surface area (Å²) < 4.78 is 24.6. The molecule has 0 atom stereocenters. The molecule has 1 aromatic rings. The Balaban J connectivity index is 2.10. The molecule has 0 amide bonds. The van der Waals surface area contributed by atoms with Gasteiger partial charge in [-0.1, -0.05) is 11.6 Å². The summed E-state index contributed by atoms with van der Waals surface area (Å²) in [5.41, 5.74) is 1.29. The predicted octanol–water partition coefficient (Wildman–Crippen LogP) is 2.53. The molecule has 1 saturated carbocycles. The molecule has 1 aliphatic carbocycles. The highest BCUT2D eigenvalue weighted by molar-refractivity contribution is 7.92. The van der Waals surface area contributed by atoms with Crippen LogP contribution in [0, 0.1) is 5.92 Å². The topological polar surface area (TPSA) is 58.2 Å². The minimum atomic E-state index is -3.25. The second-order valence-electron chi connectivity index (χ2n) is 4.39. The van der Waals surface area contributed by atoms with Crippen molar-refractivity contribution in [3.8, 4) is 0 Å². The number of hydrogen-bond donors (Lipinski definition) is 2. The summed E-state index contributed by atoms with van der Waals surface area (Å²) in [7, 11) is -3.25.